The lowest BCUT2D eigenvalue weighted by Gasteiger charge is -2.43. The molecule has 0 saturated carbocycles. The first-order valence-electron chi connectivity index (χ1n) is 16.8. The lowest BCUT2D eigenvalue weighted by molar-refractivity contribution is -0.111. The van der Waals surface area contributed by atoms with Gasteiger partial charge in [0.1, 0.15) is 17.9 Å². The molecule has 3 aliphatic rings. The maximum atomic E-state index is 12.6. The van der Waals surface area contributed by atoms with Crippen molar-refractivity contribution in [1.82, 2.24) is 19.8 Å². The third-order valence-electron chi connectivity index (χ3n) is 9.85. The molecule has 0 aliphatic carbocycles. The van der Waals surface area contributed by atoms with Gasteiger partial charge in [0.2, 0.25) is 5.91 Å². The maximum absolute atomic E-state index is 12.6. The Kier molecular flexibility index (Phi) is 9.42. The van der Waals surface area contributed by atoms with E-state index < -0.39 is 0 Å². The average Bonchev–Trinajstić information content (AvgIpc) is 3.62. The molecule has 3 fully saturated rings. The van der Waals surface area contributed by atoms with E-state index in [1.165, 1.54) is 28.7 Å². The molecule has 11 nitrogen and oxygen atoms in total. The van der Waals surface area contributed by atoms with E-state index in [0.29, 0.717) is 41.4 Å². The molecule has 1 aromatic heterocycles. The number of fused-ring (bicyclic) bond motifs is 1. The van der Waals surface area contributed by atoms with Crippen LogP contribution in [-0.2, 0) is 9.63 Å². The highest BCUT2D eigenvalue weighted by Gasteiger charge is 2.31. The summed E-state index contributed by atoms with van der Waals surface area (Å²) >= 11 is 0. The number of piperidine rings is 1. The highest BCUT2D eigenvalue weighted by molar-refractivity contribution is 6.02. The summed E-state index contributed by atoms with van der Waals surface area (Å²) in [6, 6.07) is 21.2. The summed E-state index contributed by atoms with van der Waals surface area (Å²) in [6.07, 6.45) is 5.81. The Bertz CT molecular complexity index is 1760. The van der Waals surface area contributed by atoms with Crippen LogP contribution in [0, 0.1) is 0 Å². The molecule has 3 aromatic carbocycles. The SMILES string of the molecule is C=CC(=O)Nc1cc(Nc2cc(N3OCC[C@@H]3c3cccc4ccccc34)ncn2)c(OC)cc1N1CCC(N2CCN(C)CC2)CC1. The van der Waals surface area contributed by atoms with Crippen LogP contribution in [0.3, 0.4) is 0 Å². The van der Waals surface area contributed by atoms with E-state index in [1.807, 2.05) is 23.3 Å². The average molecular weight is 649 g/mol. The molecule has 3 aliphatic heterocycles. The van der Waals surface area contributed by atoms with Crippen LogP contribution in [-0.4, -0.2) is 91.7 Å². The number of anilines is 5. The fourth-order valence-corrected chi connectivity index (χ4v) is 7.23. The van der Waals surface area contributed by atoms with Gasteiger partial charge in [-0.05, 0) is 48.4 Å². The van der Waals surface area contributed by atoms with Gasteiger partial charge >= 0.3 is 0 Å². The fourth-order valence-electron chi connectivity index (χ4n) is 7.23. The monoisotopic (exact) mass is 648 g/mol. The number of piperazine rings is 1. The maximum Gasteiger partial charge on any atom is 0.247 e. The number of likely N-dealkylation sites (N-methyl/N-ethyl adjacent to an activating group) is 1. The summed E-state index contributed by atoms with van der Waals surface area (Å²) in [5.74, 6) is 1.61. The summed E-state index contributed by atoms with van der Waals surface area (Å²) < 4.78 is 5.89. The van der Waals surface area contributed by atoms with Crippen LogP contribution >= 0.6 is 0 Å². The summed E-state index contributed by atoms with van der Waals surface area (Å²) in [7, 11) is 3.85. The highest BCUT2D eigenvalue weighted by atomic mass is 16.7. The second-order valence-corrected chi connectivity index (χ2v) is 12.7. The Labute approximate surface area is 282 Å². The summed E-state index contributed by atoms with van der Waals surface area (Å²) in [5, 5.41) is 10.7. The highest BCUT2D eigenvalue weighted by Crippen LogP contribution is 2.41. The molecule has 0 unspecified atom stereocenters. The Hall–Kier alpha value is -4.71. The standard InChI is InChI=1S/C37H44N8O3/c1-4-37(46)41-30-22-31(34(47-3)23-33(30)44-15-12-27(13-16-44)43-19-17-42(2)18-20-43)40-35-24-36(39-25-38-35)45-32(14-21-48-45)29-11-7-9-26-8-5-6-10-28(26)29/h4-11,22-25,27,32H,1,12-21H2,2-3H3,(H,41,46)(H,38,39,40)/t32-/m1/s1. The number of ether oxygens (including phenoxy) is 1. The predicted molar refractivity (Wildman–Crippen MR) is 191 cm³/mol. The van der Waals surface area contributed by atoms with Gasteiger partial charge in [0.15, 0.2) is 5.82 Å². The van der Waals surface area contributed by atoms with E-state index in [2.05, 4.69) is 91.4 Å². The van der Waals surface area contributed by atoms with Gasteiger partial charge in [-0.2, -0.15) is 0 Å². The molecule has 0 bridgehead atoms. The number of nitrogens with zero attached hydrogens (tertiary/aromatic N) is 6. The van der Waals surface area contributed by atoms with E-state index in [9.17, 15) is 4.79 Å². The molecule has 250 valence electrons. The number of amides is 1. The number of carbonyl (C=O) groups excluding carboxylic acids is 1. The lowest BCUT2D eigenvalue weighted by atomic mass is 9.97. The topological polar surface area (TPSA) is 98.3 Å². The lowest BCUT2D eigenvalue weighted by Crippen LogP contribution is -2.52. The van der Waals surface area contributed by atoms with Gasteiger partial charge in [0, 0.05) is 63.9 Å². The van der Waals surface area contributed by atoms with E-state index in [1.54, 1.807) is 7.11 Å². The number of benzene rings is 3. The minimum absolute atomic E-state index is 0.00813. The van der Waals surface area contributed by atoms with Gasteiger partial charge in [0.25, 0.3) is 0 Å². The molecular formula is C37H44N8O3. The van der Waals surface area contributed by atoms with Crippen molar-refractivity contribution in [1.29, 1.82) is 0 Å². The Balaban J connectivity index is 1.13. The number of aromatic nitrogens is 2. The smallest absolute Gasteiger partial charge is 0.247 e. The van der Waals surface area contributed by atoms with E-state index >= 15 is 0 Å². The molecule has 0 spiro atoms. The normalized spacial score (nSPS) is 19.4. The molecule has 0 radical (unpaired) electrons. The van der Waals surface area contributed by atoms with Crippen LogP contribution < -0.4 is 25.3 Å². The largest absolute Gasteiger partial charge is 0.494 e. The number of rotatable bonds is 9. The van der Waals surface area contributed by atoms with E-state index in [4.69, 9.17) is 9.57 Å². The molecule has 4 heterocycles. The number of nitrogens with one attached hydrogen (secondary N) is 2. The number of hydrogen-bond donors (Lipinski definition) is 2. The number of carbonyl (C=O) groups is 1. The third kappa shape index (κ3) is 6.66. The fraction of sp³-hybridized carbons (Fsp3) is 0.378. The van der Waals surface area contributed by atoms with Gasteiger partial charge in [-0.1, -0.05) is 49.0 Å². The minimum atomic E-state index is -0.269. The van der Waals surface area contributed by atoms with Gasteiger partial charge < -0.3 is 25.2 Å². The second kappa shape index (κ2) is 14.2. The van der Waals surface area contributed by atoms with Crippen molar-refractivity contribution in [2.45, 2.75) is 31.3 Å². The Morgan fingerprint density at radius 2 is 1.75 bits per heavy atom. The second-order valence-electron chi connectivity index (χ2n) is 12.7. The van der Waals surface area contributed by atoms with Gasteiger partial charge in [-0.15, -0.1) is 0 Å². The Morgan fingerprint density at radius 3 is 2.54 bits per heavy atom. The van der Waals surface area contributed by atoms with Crippen molar-refractivity contribution in [2.24, 2.45) is 0 Å². The van der Waals surface area contributed by atoms with Crippen molar-refractivity contribution in [2.75, 3.05) is 80.6 Å². The number of hydroxylamine groups is 1. The Morgan fingerprint density at radius 1 is 0.958 bits per heavy atom. The van der Waals surface area contributed by atoms with Crippen molar-refractivity contribution in [3.8, 4) is 5.75 Å². The van der Waals surface area contributed by atoms with Gasteiger partial charge in [-0.25, -0.2) is 15.0 Å². The zero-order valence-corrected chi connectivity index (χ0v) is 27.8. The first kappa shape index (κ1) is 31.9. The van der Waals surface area contributed by atoms with Crippen LogP contribution in [0.2, 0.25) is 0 Å². The zero-order valence-electron chi connectivity index (χ0n) is 27.8. The quantitative estimate of drug-likeness (QED) is 0.223. The minimum Gasteiger partial charge on any atom is -0.494 e. The van der Waals surface area contributed by atoms with Gasteiger partial charge in [-0.3, -0.25) is 14.5 Å². The van der Waals surface area contributed by atoms with Crippen LogP contribution in [0.5, 0.6) is 5.75 Å². The summed E-state index contributed by atoms with van der Waals surface area (Å²) in [4.78, 5) is 35.2. The summed E-state index contributed by atoms with van der Waals surface area (Å²) in [6.45, 7) is 10.5. The van der Waals surface area contributed by atoms with Crippen LogP contribution in [0.1, 0.15) is 30.9 Å². The van der Waals surface area contributed by atoms with Crippen molar-refractivity contribution >= 4 is 45.4 Å². The molecule has 7 rings (SSSR count). The molecule has 1 atom stereocenters. The van der Waals surface area contributed by atoms with E-state index in [0.717, 1.165) is 64.2 Å². The molecule has 3 saturated heterocycles. The molecule has 2 N–H and O–H groups in total. The first-order valence-corrected chi connectivity index (χ1v) is 16.8. The summed E-state index contributed by atoms with van der Waals surface area (Å²) in [5.41, 5.74) is 3.49. The third-order valence-corrected chi connectivity index (χ3v) is 9.85. The van der Waals surface area contributed by atoms with Crippen molar-refractivity contribution < 1.29 is 14.4 Å². The molecule has 11 heteroatoms. The van der Waals surface area contributed by atoms with E-state index in [-0.39, 0.29) is 11.9 Å². The van der Waals surface area contributed by atoms with Crippen LogP contribution in [0.25, 0.3) is 10.8 Å². The van der Waals surface area contributed by atoms with Crippen LogP contribution in [0.4, 0.5) is 28.7 Å². The number of hydrogen-bond acceptors (Lipinski definition) is 10. The molecule has 1 amide bonds. The van der Waals surface area contributed by atoms with Crippen LogP contribution in [0.15, 0.2) is 79.6 Å². The zero-order chi connectivity index (χ0) is 33.0. The molecule has 48 heavy (non-hydrogen) atoms. The molecular weight excluding hydrogens is 604 g/mol. The predicted octanol–water partition coefficient (Wildman–Crippen LogP) is 5.61. The van der Waals surface area contributed by atoms with Crippen molar-refractivity contribution in [3.63, 3.8) is 0 Å². The van der Waals surface area contributed by atoms with Crippen molar-refractivity contribution in [3.05, 3.63) is 85.2 Å². The first-order chi connectivity index (χ1) is 23.5. The molecule has 4 aromatic rings. The number of methoxy groups -OCH3 is 1. The van der Waals surface area contributed by atoms with Gasteiger partial charge in [0.05, 0.1) is 36.8 Å².